The molecule has 228 valence electrons. The first-order chi connectivity index (χ1) is 19.4. The van der Waals surface area contributed by atoms with Crippen LogP contribution < -0.4 is 4.74 Å². The summed E-state index contributed by atoms with van der Waals surface area (Å²) in [5, 5.41) is 40.8. The maximum atomic E-state index is 13.4. The van der Waals surface area contributed by atoms with Crippen molar-refractivity contribution in [2.45, 2.75) is 96.5 Å². The summed E-state index contributed by atoms with van der Waals surface area (Å²) in [7, 11) is 2.32. The number of rotatable bonds is 10. The van der Waals surface area contributed by atoms with E-state index in [9.17, 15) is 25.2 Å². The second-order valence-electron chi connectivity index (χ2n) is 12.7. The Bertz CT molecular complexity index is 1100. The quantitative estimate of drug-likeness (QED) is 0.191. The van der Waals surface area contributed by atoms with Crippen molar-refractivity contribution in [2.75, 3.05) is 33.4 Å². The Labute approximate surface area is 243 Å². The van der Waals surface area contributed by atoms with Crippen LogP contribution >= 0.6 is 0 Å². The van der Waals surface area contributed by atoms with Crippen LogP contribution in [0.5, 0.6) is 5.75 Å². The normalized spacial score (nSPS) is 32.8. The number of benzene rings is 1. The van der Waals surface area contributed by atoms with Gasteiger partial charge in [0.15, 0.2) is 0 Å². The molecule has 3 heterocycles. The summed E-state index contributed by atoms with van der Waals surface area (Å²) in [6.07, 6.45) is 1.42. The fourth-order valence-electron chi connectivity index (χ4n) is 6.51. The Morgan fingerprint density at radius 3 is 2.20 bits per heavy atom. The fraction of sp³-hybridized carbons (Fsp3) is 0.656. The number of allylic oxidation sites excluding steroid dienone is 4. The Morgan fingerprint density at radius 2 is 1.61 bits per heavy atom. The van der Waals surface area contributed by atoms with E-state index in [-0.39, 0.29) is 5.97 Å². The standard InChI is InChI=1S/C32H48NO8/c1-19(2)8-10-21-15-24(31(38)39-18-23-12-14-33(5)13-6-7-25(23)33)16-22(11-9-20(3)4)30(21)41-32-29(37)28(36)27(35)26(17-34)40-32/h8-9,15-16,23,25-29,32,34-37H,6-7,10-14,17-18H2,1-5H3/q+1. The second-order valence-corrected chi connectivity index (χ2v) is 12.7. The molecule has 0 aliphatic carbocycles. The zero-order chi connectivity index (χ0) is 29.9. The molecule has 3 aliphatic heterocycles. The summed E-state index contributed by atoms with van der Waals surface area (Å²) >= 11 is 0. The molecule has 3 aliphatic rings. The van der Waals surface area contributed by atoms with Crippen LogP contribution in [0.3, 0.4) is 0 Å². The van der Waals surface area contributed by atoms with Crippen LogP contribution in [-0.2, 0) is 22.3 Å². The maximum Gasteiger partial charge on any atom is 0.338 e. The van der Waals surface area contributed by atoms with Crippen molar-refractivity contribution < 1.29 is 43.9 Å². The Balaban J connectivity index is 1.63. The molecule has 8 unspecified atom stereocenters. The van der Waals surface area contributed by atoms with E-state index in [0.29, 0.717) is 53.8 Å². The highest BCUT2D eigenvalue weighted by molar-refractivity contribution is 5.90. The largest absolute Gasteiger partial charge is 0.462 e. The smallest absolute Gasteiger partial charge is 0.338 e. The van der Waals surface area contributed by atoms with Crippen molar-refractivity contribution in [3.63, 3.8) is 0 Å². The number of quaternary nitrogens is 1. The van der Waals surface area contributed by atoms with Crippen molar-refractivity contribution in [1.82, 2.24) is 0 Å². The summed E-state index contributed by atoms with van der Waals surface area (Å²) < 4.78 is 18.9. The molecule has 0 radical (unpaired) electrons. The molecule has 8 atom stereocenters. The van der Waals surface area contributed by atoms with Crippen molar-refractivity contribution in [2.24, 2.45) is 5.92 Å². The lowest BCUT2D eigenvalue weighted by Crippen LogP contribution is -2.60. The lowest BCUT2D eigenvalue weighted by atomic mass is 9.97. The van der Waals surface area contributed by atoms with Gasteiger partial charge in [0.05, 0.1) is 44.3 Å². The molecule has 3 fully saturated rings. The second kappa shape index (κ2) is 13.4. The minimum absolute atomic E-state index is 0.371. The molecule has 41 heavy (non-hydrogen) atoms. The number of aliphatic hydroxyl groups excluding tert-OH is 4. The third-order valence-electron chi connectivity index (χ3n) is 8.97. The number of carbonyl (C=O) groups is 1. The summed E-state index contributed by atoms with van der Waals surface area (Å²) in [4.78, 5) is 13.4. The van der Waals surface area contributed by atoms with E-state index in [1.54, 1.807) is 12.1 Å². The van der Waals surface area contributed by atoms with Gasteiger partial charge in [-0.1, -0.05) is 23.3 Å². The van der Waals surface area contributed by atoms with Crippen LogP contribution in [0.15, 0.2) is 35.4 Å². The van der Waals surface area contributed by atoms with Gasteiger partial charge in [0.25, 0.3) is 0 Å². The number of hydrogen-bond donors (Lipinski definition) is 4. The van der Waals surface area contributed by atoms with Crippen LogP contribution in [0.1, 0.15) is 68.4 Å². The molecule has 4 rings (SSSR count). The third-order valence-corrected chi connectivity index (χ3v) is 8.97. The lowest BCUT2D eigenvalue weighted by molar-refractivity contribution is -0.910. The number of hydrogen-bond acceptors (Lipinski definition) is 8. The van der Waals surface area contributed by atoms with E-state index in [4.69, 9.17) is 14.2 Å². The van der Waals surface area contributed by atoms with Gasteiger partial charge in [0, 0.05) is 19.3 Å². The summed E-state index contributed by atoms with van der Waals surface area (Å²) in [5.41, 5.74) is 4.01. The number of aliphatic hydroxyl groups is 4. The summed E-state index contributed by atoms with van der Waals surface area (Å²) in [5.74, 6) is 0.423. The number of ether oxygens (including phenoxy) is 3. The Kier molecular flexibility index (Phi) is 10.3. The highest BCUT2D eigenvalue weighted by atomic mass is 16.7. The summed E-state index contributed by atoms with van der Waals surface area (Å²) in [6, 6.07) is 4.08. The van der Waals surface area contributed by atoms with Gasteiger partial charge in [-0.25, -0.2) is 4.79 Å². The average molecular weight is 575 g/mol. The summed E-state index contributed by atoms with van der Waals surface area (Å²) in [6.45, 7) is 10.1. The molecule has 1 aromatic rings. The van der Waals surface area contributed by atoms with E-state index >= 15 is 0 Å². The molecule has 0 saturated carbocycles. The highest BCUT2D eigenvalue weighted by Crippen LogP contribution is 2.39. The zero-order valence-corrected chi connectivity index (χ0v) is 25.1. The molecule has 9 nitrogen and oxygen atoms in total. The molecule has 0 aromatic heterocycles. The topological polar surface area (TPSA) is 126 Å². The van der Waals surface area contributed by atoms with Gasteiger partial charge in [-0.05, 0) is 63.8 Å². The monoisotopic (exact) mass is 574 g/mol. The fourth-order valence-corrected chi connectivity index (χ4v) is 6.51. The van der Waals surface area contributed by atoms with Crippen LogP contribution in [0.25, 0.3) is 0 Å². The van der Waals surface area contributed by atoms with Gasteiger partial charge >= 0.3 is 5.97 Å². The van der Waals surface area contributed by atoms with Crippen molar-refractivity contribution in [3.05, 3.63) is 52.1 Å². The van der Waals surface area contributed by atoms with Crippen LogP contribution in [0, 0.1) is 5.92 Å². The van der Waals surface area contributed by atoms with Crippen LogP contribution in [0.4, 0.5) is 0 Å². The molecular weight excluding hydrogens is 526 g/mol. The number of carbonyl (C=O) groups excluding carboxylic acids is 1. The highest BCUT2D eigenvalue weighted by Gasteiger charge is 2.49. The van der Waals surface area contributed by atoms with Crippen LogP contribution in [0.2, 0.25) is 0 Å². The van der Waals surface area contributed by atoms with Gasteiger partial charge in [-0.2, -0.15) is 0 Å². The van der Waals surface area contributed by atoms with E-state index < -0.39 is 37.3 Å². The molecular formula is C32H48NO8+. The van der Waals surface area contributed by atoms with Gasteiger partial charge in [0.1, 0.15) is 36.8 Å². The maximum absolute atomic E-state index is 13.4. The molecule has 4 N–H and O–H groups in total. The number of fused-ring (bicyclic) bond motifs is 1. The van der Waals surface area contributed by atoms with Gasteiger partial charge < -0.3 is 39.1 Å². The minimum Gasteiger partial charge on any atom is -0.462 e. The number of nitrogens with zero attached hydrogens (tertiary/aromatic N) is 1. The lowest BCUT2D eigenvalue weighted by Gasteiger charge is -2.40. The first-order valence-electron chi connectivity index (χ1n) is 14.8. The third kappa shape index (κ3) is 7.21. The van der Waals surface area contributed by atoms with Crippen molar-refractivity contribution in [3.8, 4) is 5.75 Å². The van der Waals surface area contributed by atoms with Gasteiger partial charge in [-0.15, -0.1) is 0 Å². The SMILES string of the molecule is CC(C)=CCc1cc(C(=O)OCC2CC[N+]3(C)CCCC23)cc(CC=C(C)C)c1OC1OC(CO)C(O)C(O)C1O. The number of esters is 1. The van der Waals surface area contributed by atoms with E-state index in [0.717, 1.165) is 28.6 Å². The first kappa shape index (κ1) is 31.7. The van der Waals surface area contributed by atoms with E-state index in [1.165, 1.54) is 19.4 Å². The first-order valence-corrected chi connectivity index (χ1v) is 14.8. The van der Waals surface area contributed by atoms with E-state index in [1.807, 2.05) is 39.8 Å². The molecule has 3 saturated heterocycles. The molecule has 9 heteroatoms. The predicted octanol–water partition coefficient (Wildman–Crippen LogP) is 2.67. The Morgan fingerprint density at radius 1 is 0.976 bits per heavy atom. The molecule has 1 aromatic carbocycles. The zero-order valence-electron chi connectivity index (χ0n) is 25.1. The molecule has 0 spiro atoms. The van der Waals surface area contributed by atoms with Crippen LogP contribution in [-0.4, -0.2) is 101 Å². The molecule has 0 bridgehead atoms. The van der Waals surface area contributed by atoms with E-state index in [2.05, 4.69) is 7.05 Å². The predicted molar refractivity (Wildman–Crippen MR) is 154 cm³/mol. The van der Waals surface area contributed by atoms with Crippen molar-refractivity contribution in [1.29, 1.82) is 0 Å². The average Bonchev–Trinajstić information content (AvgIpc) is 3.46. The van der Waals surface area contributed by atoms with Crippen molar-refractivity contribution >= 4 is 5.97 Å². The van der Waals surface area contributed by atoms with Gasteiger partial charge in [0.2, 0.25) is 6.29 Å². The minimum atomic E-state index is -1.56. The molecule has 0 amide bonds. The Hall–Kier alpha value is -2.27. The van der Waals surface area contributed by atoms with Gasteiger partial charge in [-0.3, -0.25) is 0 Å².